The zero-order chi connectivity index (χ0) is 20.4. The van der Waals surface area contributed by atoms with Gasteiger partial charge in [0.05, 0.1) is 5.25 Å². The second-order valence-corrected chi connectivity index (χ2v) is 11.7. The summed E-state index contributed by atoms with van der Waals surface area (Å²) in [5, 5.41) is -0.501. The lowest BCUT2D eigenvalue weighted by molar-refractivity contribution is 0.0182. The number of carbonyl (C=O) groups excluding carboxylic acids is 1. The molecule has 1 fully saturated rings. The standard InChI is InChI=1S/C19H29IN2O4S/c1-13(2)27(24,25)21-17-10-11-22(18(23)26-19(3,4)5)12-16(17)14-6-8-15(20)9-7-14/h6-9,13,16-17,21H,10-12H2,1-5H3. The maximum absolute atomic E-state index is 12.5. The van der Waals surface area contributed by atoms with Gasteiger partial charge in [0, 0.05) is 28.6 Å². The van der Waals surface area contributed by atoms with Gasteiger partial charge in [-0.25, -0.2) is 17.9 Å². The minimum absolute atomic E-state index is 0.128. The van der Waals surface area contributed by atoms with E-state index in [2.05, 4.69) is 27.3 Å². The highest BCUT2D eigenvalue weighted by Crippen LogP contribution is 2.30. The first-order chi connectivity index (χ1) is 12.4. The van der Waals surface area contributed by atoms with Crippen molar-refractivity contribution in [2.24, 2.45) is 0 Å². The number of nitrogens with one attached hydrogen (secondary N) is 1. The molecule has 2 unspecified atom stereocenters. The maximum Gasteiger partial charge on any atom is 0.410 e. The SMILES string of the molecule is CC(C)S(=O)(=O)NC1CCN(C(=O)OC(C)(C)C)CC1c1ccc(I)cc1. The number of rotatable bonds is 4. The molecule has 8 heteroatoms. The highest BCUT2D eigenvalue weighted by atomic mass is 127. The van der Waals surface area contributed by atoms with Gasteiger partial charge in [-0.05, 0) is 81.3 Å². The molecule has 0 radical (unpaired) electrons. The average Bonchev–Trinajstić information content (AvgIpc) is 2.54. The number of nitrogens with zero attached hydrogens (tertiary/aromatic N) is 1. The van der Waals surface area contributed by atoms with Gasteiger partial charge in [0.15, 0.2) is 0 Å². The van der Waals surface area contributed by atoms with Crippen molar-refractivity contribution in [3.8, 4) is 0 Å². The molecule has 152 valence electrons. The number of halogens is 1. The highest BCUT2D eigenvalue weighted by Gasteiger charge is 2.36. The number of hydrogen-bond donors (Lipinski definition) is 1. The highest BCUT2D eigenvalue weighted by molar-refractivity contribution is 14.1. The molecule has 1 amide bonds. The molecule has 1 aliphatic heterocycles. The van der Waals surface area contributed by atoms with Crippen molar-refractivity contribution in [2.75, 3.05) is 13.1 Å². The van der Waals surface area contributed by atoms with Crippen molar-refractivity contribution < 1.29 is 17.9 Å². The van der Waals surface area contributed by atoms with E-state index in [0.29, 0.717) is 19.5 Å². The normalized spacial score (nSPS) is 21.4. The van der Waals surface area contributed by atoms with Crippen molar-refractivity contribution in [1.82, 2.24) is 9.62 Å². The fourth-order valence-corrected chi connectivity index (χ4v) is 4.32. The summed E-state index contributed by atoms with van der Waals surface area (Å²) in [6, 6.07) is 7.74. The van der Waals surface area contributed by atoms with Crippen LogP contribution in [0.25, 0.3) is 0 Å². The third-order valence-corrected chi connectivity index (χ3v) is 7.09. The van der Waals surface area contributed by atoms with Crippen LogP contribution in [0.2, 0.25) is 0 Å². The molecular formula is C19H29IN2O4S. The van der Waals surface area contributed by atoms with Crippen LogP contribution in [-0.2, 0) is 14.8 Å². The van der Waals surface area contributed by atoms with E-state index in [1.807, 2.05) is 45.0 Å². The Morgan fingerprint density at radius 3 is 2.37 bits per heavy atom. The van der Waals surface area contributed by atoms with Gasteiger partial charge < -0.3 is 9.64 Å². The van der Waals surface area contributed by atoms with Gasteiger partial charge in [-0.3, -0.25) is 0 Å². The number of amides is 1. The number of piperidine rings is 1. The minimum atomic E-state index is -3.40. The van der Waals surface area contributed by atoms with Crippen LogP contribution in [0.1, 0.15) is 52.5 Å². The van der Waals surface area contributed by atoms with Crippen LogP contribution in [0, 0.1) is 3.57 Å². The molecule has 1 aliphatic rings. The van der Waals surface area contributed by atoms with Gasteiger partial charge in [0.2, 0.25) is 10.0 Å². The summed E-state index contributed by atoms with van der Waals surface area (Å²) in [6.07, 6.45) is 0.185. The molecule has 0 saturated carbocycles. The molecule has 1 N–H and O–H groups in total. The summed E-state index contributed by atoms with van der Waals surface area (Å²) in [5.41, 5.74) is 0.450. The fourth-order valence-electron chi connectivity index (χ4n) is 2.98. The Hall–Kier alpha value is -0.870. The molecule has 1 heterocycles. The molecule has 27 heavy (non-hydrogen) atoms. The lowest BCUT2D eigenvalue weighted by Crippen LogP contribution is -2.53. The van der Waals surface area contributed by atoms with E-state index in [4.69, 9.17) is 4.74 Å². The molecule has 0 spiro atoms. The number of sulfonamides is 1. The number of carbonyl (C=O) groups is 1. The molecular weight excluding hydrogens is 479 g/mol. The Bertz CT molecular complexity index is 757. The summed E-state index contributed by atoms with van der Waals surface area (Å²) in [6.45, 7) is 9.72. The van der Waals surface area contributed by atoms with Gasteiger partial charge in [-0.15, -0.1) is 0 Å². The number of ether oxygens (including phenoxy) is 1. The molecule has 0 aromatic heterocycles. The van der Waals surface area contributed by atoms with Gasteiger partial charge in [0.25, 0.3) is 0 Å². The predicted molar refractivity (Wildman–Crippen MR) is 115 cm³/mol. The molecule has 0 bridgehead atoms. The minimum Gasteiger partial charge on any atom is -0.444 e. The van der Waals surface area contributed by atoms with Gasteiger partial charge in [-0.2, -0.15) is 0 Å². The van der Waals surface area contributed by atoms with E-state index >= 15 is 0 Å². The van der Waals surface area contributed by atoms with Crippen LogP contribution in [0.3, 0.4) is 0 Å². The Balaban J connectivity index is 2.26. The Morgan fingerprint density at radius 1 is 1.26 bits per heavy atom. The summed E-state index contributed by atoms with van der Waals surface area (Å²) in [4.78, 5) is 14.2. The smallest absolute Gasteiger partial charge is 0.410 e. The first-order valence-electron chi connectivity index (χ1n) is 9.13. The molecule has 1 saturated heterocycles. The number of likely N-dealkylation sites (tertiary alicyclic amines) is 1. The van der Waals surface area contributed by atoms with Crippen LogP contribution in [0.5, 0.6) is 0 Å². The van der Waals surface area contributed by atoms with Crippen LogP contribution < -0.4 is 4.72 Å². The molecule has 6 nitrogen and oxygen atoms in total. The summed E-state index contributed by atoms with van der Waals surface area (Å²) in [5.74, 6) is -0.128. The zero-order valence-corrected chi connectivity index (χ0v) is 19.5. The van der Waals surface area contributed by atoms with Gasteiger partial charge >= 0.3 is 6.09 Å². The Labute approximate surface area is 176 Å². The lowest BCUT2D eigenvalue weighted by Gasteiger charge is -2.39. The largest absolute Gasteiger partial charge is 0.444 e. The fraction of sp³-hybridized carbons (Fsp3) is 0.632. The molecule has 1 aromatic carbocycles. The van der Waals surface area contributed by atoms with Crippen molar-refractivity contribution in [3.63, 3.8) is 0 Å². The van der Waals surface area contributed by atoms with Crippen LogP contribution in [0.15, 0.2) is 24.3 Å². The van der Waals surface area contributed by atoms with E-state index in [1.54, 1.807) is 18.7 Å². The van der Waals surface area contributed by atoms with Crippen molar-refractivity contribution in [3.05, 3.63) is 33.4 Å². The van der Waals surface area contributed by atoms with Crippen LogP contribution >= 0.6 is 22.6 Å². The van der Waals surface area contributed by atoms with E-state index in [9.17, 15) is 13.2 Å². The third kappa shape index (κ3) is 6.32. The zero-order valence-electron chi connectivity index (χ0n) is 16.5. The van der Waals surface area contributed by atoms with E-state index in [0.717, 1.165) is 9.13 Å². The van der Waals surface area contributed by atoms with Gasteiger partial charge in [0.1, 0.15) is 5.60 Å². The quantitative estimate of drug-likeness (QED) is 0.630. The first kappa shape index (κ1) is 22.4. The predicted octanol–water partition coefficient (Wildman–Crippen LogP) is 3.71. The average molecular weight is 508 g/mol. The second-order valence-electron chi connectivity index (χ2n) is 8.19. The molecule has 1 aromatic rings. The Morgan fingerprint density at radius 2 is 1.85 bits per heavy atom. The monoisotopic (exact) mass is 508 g/mol. The second kappa shape index (κ2) is 8.65. The molecule has 2 rings (SSSR count). The van der Waals surface area contributed by atoms with E-state index in [1.165, 1.54) is 0 Å². The lowest BCUT2D eigenvalue weighted by atomic mass is 9.87. The van der Waals surface area contributed by atoms with Gasteiger partial charge in [-0.1, -0.05) is 12.1 Å². The van der Waals surface area contributed by atoms with Crippen molar-refractivity contribution >= 4 is 38.7 Å². The first-order valence-corrected chi connectivity index (χ1v) is 11.8. The molecule has 2 atom stereocenters. The summed E-state index contributed by atoms with van der Waals surface area (Å²) in [7, 11) is -3.40. The van der Waals surface area contributed by atoms with Crippen LogP contribution in [0.4, 0.5) is 4.79 Å². The summed E-state index contributed by atoms with van der Waals surface area (Å²) < 4.78 is 34.3. The Kier molecular flexibility index (Phi) is 7.18. The number of hydrogen-bond acceptors (Lipinski definition) is 4. The van der Waals surface area contributed by atoms with Crippen molar-refractivity contribution in [1.29, 1.82) is 0 Å². The third-order valence-electron chi connectivity index (χ3n) is 4.50. The topological polar surface area (TPSA) is 75.7 Å². The van der Waals surface area contributed by atoms with E-state index < -0.39 is 20.9 Å². The van der Waals surface area contributed by atoms with E-state index in [-0.39, 0.29) is 18.1 Å². The molecule has 0 aliphatic carbocycles. The summed E-state index contributed by atoms with van der Waals surface area (Å²) >= 11 is 2.24. The maximum atomic E-state index is 12.5. The van der Waals surface area contributed by atoms with Crippen molar-refractivity contribution in [2.45, 2.75) is 63.9 Å². The number of benzene rings is 1. The van der Waals surface area contributed by atoms with Crippen LogP contribution in [-0.4, -0.2) is 49.4 Å².